The fourth-order valence-electron chi connectivity index (χ4n) is 3.15. The van der Waals surface area contributed by atoms with E-state index < -0.39 is 0 Å². The molecule has 148 valence electrons. The van der Waals surface area contributed by atoms with Crippen LogP contribution in [0.5, 0.6) is 5.75 Å². The fraction of sp³-hybridized carbons (Fsp3) is 0.348. The minimum absolute atomic E-state index is 0.189. The standard InChI is InChI=1S/C23H27NO4/c1-17(18-7-3-2-4-8-18)28-23(26)12-9-19-16-24-22-15-20(10-11-21(19)22)27-14-6-5-13-25/h2-4,7-8,10-11,15-17,24-25H,5-6,9,12-14H2,1H3. The van der Waals surface area contributed by atoms with Gasteiger partial charge in [-0.25, -0.2) is 0 Å². The van der Waals surface area contributed by atoms with Gasteiger partial charge in [-0.05, 0) is 49.4 Å². The summed E-state index contributed by atoms with van der Waals surface area (Å²) >= 11 is 0. The number of benzene rings is 2. The predicted octanol–water partition coefficient (Wildman–Crippen LogP) is 4.56. The summed E-state index contributed by atoms with van der Waals surface area (Å²) in [5.41, 5.74) is 3.07. The Kier molecular flexibility index (Phi) is 7.09. The van der Waals surface area contributed by atoms with E-state index in [9.17, 15) is 4.79 Å². The van der Waals surface area contributed by atoms with Crippen LogP contribution in [0.3, 0.4) is 0 Å². The summed E-state index contributed by atoms with van der Waals surface area (Å²) in [5.74, 6) is 0.601. The summed E-state index contributed by atoms with van der Waals surface area (Å²) in [6.07, 6.45) is 4.22. The zero-order valence-electron chi connectivity index (χ0n) is 16.2. The van der Waals surface area contributed by atoms with Crippen LogP contribution in [0.25, 0.3) is 10.9 Å². The van der Waals surface area contributed by atoms with Gasteiger partial charge in [0.1, 0.15) is 11.9 Å². The summed E-state index contributed by atoms with van der Waals surface area (Å²) in [4.78, 5) is 15.5. The van der Waals surface area contributed by atoms with Crippen LogP contribution in [0.2, 0.25) is 0 Å². The van der Waals surface area contributed by atoms with E-state index in [0.717, 1.165) is 40.6 Å². The first-order chi connectivity index (χ1) is 13.7. The topological polar surface area (TPSA) is 71.6 Å². The lowest BCUT2D eigenvalue weighted by Gasteiger charge is -2.13. The minimum Gasteiger partial charge on any atom is -0.494 e. The quantitative estimate of drug-likeness (QED) is 0.399. The number of aliphatic hydroxyl groups is 1. The molecule has 0 aliphatic carbocycles. The van der Waals surface area contributed by atoms with Gasteiger partial charge in [0.25, 0.3) is 0 Å². The molecule has 0 aliphatic heterocycles. The maximum absolute atomic E-state index is 12.2. The van der Waals surface area contributed by atoms with Crippen molar-refractivity contribution in [3.05, 3.63) is 65.9 Å². The highest BCUT2D eigenvalue weighted by Gasteiger charge is 2.13. The molecule has 28 heavy (non-hydrogen) atoms. The molecule has 1 heterocycles. The van der Waals surface area contributed by atoms with Crippen molar-refractivity contribution in [3.63, 3.8) is 0 Å². The lowest BCUT2D eigenvalue weighted by atomic mass is 10.1. The number of rotatable bonds is 10. The second-order valence-electron chi connectivity index (χ2n) is 6.84. The highest BCUT2D eigenvalue weighted by molar-refractivity contribution is 5.85. The number of aromatic amines is 1. The monoisotopic (exact) mass is 381 g/mol. The molecule has 5 nitrogen and oxygen atoms in total. The number of esters is 1. The summed E-state index contributed by atoms with van der Waals surface area (Å²) in [5, 5.41) is 9.90. The van der Waals surface area contributed by atoms with Gasteiger partial charge in [0.2, 0.25) is 0 Å². The first-order valence-electron chi connectivity index (χ1n) is 9.75. The molecule has 2 N–H and O–H groups in total. The average Bonchev–Trinajstić information content (AvgIpc) is 3.12. The maximum atomic E-state index is 12.2. The second kappa shape index (κ2) is 9.95. The van der Waals surface area contributed by atoms with Crippen LogP contribution in [0.15, 0.2) is 54.7 Å². The first kappa shape index (κ1) is 20.0. The van der Waals surface area contributed by atoms with Crippen LogP contribution in [0.1, 0.15) is 43.4 Å². The number of ether oxygens (including phenoxy) is 2. The van der Waals surface area contributed by atoms with Crippen molar-refractivity contribution in [3.8, 4) is 5.75 Å². The third kappa shape index (κ3) is 5.36. The number of carbonyl (C=O) groups excluding carboxylic acids is 1. The maximum Gasteiger partial charge on any atom is 0.306 e. The Morgan fingerprint density at radius 3 is 2.75 bits per heavy atom. The average molecular weight is 381 g/mol. The Balaban J connectivity index is 1.53. The van der Waals surface area contributed by atoms with E-state index in [4.69, 9.17) is 14.6 Å². The molecule has 0 fully saturated rings. The summed E-state index contributed by atoms with van der Waals surface area (Å²) in [7, 11) is 0. The lowest BCUT2D eigenvalue weighted by Crippen LogP contribution is -2.09. The number of H-pyrrole nitrogens is 1. The molecule has 5 heteroatoms. The third-order valence-electron chi connectivity index (χ3n) is 4.74. The van der Waals surface area contributed by atoms with Gasteiger partial charge in [-0.15, -0.1) is 0 Å². The van der Waals surface area contributed by atoms with Crippen molar-refractivity contribution in [1.29, 1.82) is 0 Å². The number of aryl methyl sites for hydroxylation is 1. The molecule has 3 aromatic rings. The van der Waals surface area contributed by atoms with Crippen molar-refractivity contribution in [2.24, 2.45) is 0 Å². The number of fused-ring (bicyclic) bond motifs is 1. The second-order valence-corrected chi connectivity index (χ2v) is 6.84. The Hall–Kier alpha value is -2.79. The fourth-order valence-corrected chi connectivity index (χ4v) is 3.15. The van der Waals surface area contributed by atoms with E-state index in [1.165, 1.54) is 0 Å². The number of hydrogen-bond donors (Lipinski definition) is 2. The highest BCUT2D eigenvalue weighted by atomic mass is 16.5. The molecule has 1 atom stereocenters. The van der Waals surface area contributed by atoms with Gasteiger partial charge < -0.3 is 19.6 Å². The normalized spacial score (nSPS) is 12.1. The smallest absolute Gasteiger partial charge is 0.306 e. The van der Waals surface area contributed by atoms with Gasteiger partial charge in [-0.3, -0.25) is 4.79 Å². The number of aliphatic hydroxyl groups excluding tert-OH is 1. The molecule has 0 saturated heterocycles. The van der Waals surface area contributed by atoms with Gasteiger partial charge in [0.15, 0.2) is 0 Å². The van der Waals surface area contributed by atoms with Crippen LogP contribution >= 0.6 is 0 Å². The molecule has 0 spiro atoms. The van der Waals surface area contributed by atoms with E-state index in [-0.39, 0.29) is 18.7 Å². The predicted molar refractivity (Wildman–Crippen MR) is 109 cm³/mol. The molecule has 0 saturated carbocycles. The van der Waals surface area contributed by atoms with Crippen LogP contribution < -0.4 is 4.74 Å². The molecule has 0 radical (unpaired) electrons. The van der Waals surface area contributed by atoms with Crippen LogP contribution in [0.4, 0.5) is 0 Å². The molecule has 3 rings (SSSR count). The molecule has 0 bridgehead atoms. The highest BCUT2D eigenvalue weighted by Crippen LogP contribution is 2.25. The Labute approximate surface area is 165 Å². The number of aromatic nitrogens is 1. The van der Waals surface area contributed by atoms with Gasteiger partial charge >= 0.3 is 5.97 Å². The van der Waals surface area contributed by atoms with Crippen molar-refractivity contribution < 1.29 is 19.4 Å². The van der Waals surface area contributed by atoms with Gasteiger partial charge in [0.05, 0.1) is 6.61 Å². The van der Waals surface area contributed by atoms with Crippen molar-refractivity contribution in [1.82, 2.24) is 4.98 Å². The van der Waals surface area contributed by atoms with E-state index in [2.05, 4.69) is 4.98 Å². The summed E-state index contributed by atoms with van der Waals surface area (Å²) < 4.78 is 11.2. The molecular weight excluding hydrogens is 354 g/mol. The molecule has 1 unspecified atom stereocenters. The van der Waals surface area contributed by atoms with E-state index in [1.807, 2.05) is 61.7 Å². The Morgan fingerprint density at radius 1 is 1.14 bits per heavy atom. The molecule has 1 aromatic heterocycles. The number of unbranched alkanes of at least 4 members (excludes halogenated alkanes) is 1. The number of hydrogen-bond acceptors (Lipinski definition) is 4. The van der Waals surface area contributed by atoms with Gasteiger partial charge in [0, 0.05) is 36.2 Å². The Bertz CT molecular complexity index is 888. The lowest BCUT2D eigenvalue weighted by molar-refractivity contribution is -0.148. The van der Waals surface area contributed by atoms with E-state index >= 15 is 0 Å². The molecule has 2 aromatic carbocycles. The van der Waals surface area contributed by atoms with Crippen molar-refractivity contribution >= 4 is 16.9 Å². The largest absolute Gasteiger partial charge is 0.494 e. The zero-order chi connectivity index (χ0) is 19.8. The minimum atomic E-state index is -0.248. The summed E-state index contributed by atoms with van der Waals surface area (Å²) in [6.45, 7) is 2.67. The van der Waals surface area contributed by atoms with Crippen LogP contribution in [0, 0.1) is 0 Å². The Morgan fingerprint density at radius 2 is 1.96 bits per heavy atom. The van der Waals surface area contributed by atoms with Gasteiger partial charge in [-0.1, -0.05) is 30.3 Å². The first-order valence-corrected chi connectivity index (χ1v) is 9.75. The number of carbonyl (C=O) groups is 1. The van der Waals surface area contributed by atoms with Crippen LogP contribution in [-0.2, 0) is 16.0 Å². The number of nitrogens with one attached hydrogen (secondary N) is 1. The molecule has 0 aliphatic rings. The third-order valence-corrected chi connectivity index (χ3v) is 4.74. The van der Waals surface area contributed by atoms with Crippen molar-refractivity contribution in [2.75, 3.05) is 13.2 Å². The van der Waals surface area contributed by atoms with Gasteiger partial charge in [-0.2, -0.15) is 0 Å². The SMILES string of the molecule is CC(OC(=O)CCc1c[nH]c2cc(OCCCCO)ccc12)c1ccccc1. The van der Waals surface area contributed by atoms with Crippen molar-refractivity contribution in [2.45, 2.75) is 38.7 Å². The van der Waals surface area contributed by atoms with Crippen LogP contribution in [-0.4, -0.2) is 29.3 Å². The summed E-state index contributed by atoms with van der Waals surface area (Å²) in [6, 6.07) is 15.7. The zero-order valence-corrected chi connectivity index (χ0v) is 16.2. The van der Waals surface area contributed by atoms with E-state index in [1.54, 1.807) is 0 Å². The molecular formula is C23H27NO4. The molecule has 0 amide bonds. The van der Waals surface area contributed by atoms with E-state index in [0.29, 0.717) is 19.4 Å².